The van der Waals surface area contributed by atoms with Gasteiger partial charge in [-0.25, -0.2) is 0 Å². The molecule has 0 atom stereocenters. The summed E-state index contributed by atoms with van der Waals surface area (Å²) in [6.07, 6.45) is 2.06. The van der Waals surface area contributed by atoms with Crippen LogP contribution in [0.5, 0.6) is 0 Å². The van der Waals surface area contributed by atoms with Crippen LogP contribution in [0.15, 0.2) is 16.7 Å². The number of rotatable bonds is 5. The van der Waals surface area contributed by atoms with Crippen LogP contribution in [0.25, 0.3) is 0 Å². The van der Waals surface area contributed by atoms with Gasteiger partial charge >= 0.3 is 0 Å². The van der Waals surface area contributed by atoms with Gasteiger partial charge in [0.15, 0.2) is 5.82 Å². The molecule has 3 rings (SSSR count). The second kappa shape index (κ2) is 6.63. The van der Waals surface area contributed by atoms with Crippen LogP contribution in [0.2, 0.25) is 0 Å². The minimum Gasteiger partial charge on any atom is -0.396 e. The quantitative estimate of drug-likeness (QED) is 0.868. The molecule has 7 heteroatoms. The second-order valence-electron chi connectivity index (χ2n) is 7.91. The van der Waals surface area contributed by atoms with Crippen molar-refractivity contribution in [1.29, 1.82) is 0 Å². The Labute approximate surface area is 147 Å². The van der Waals surface area contributed by atoms with E-state index in [0.717, 1.165) is 24.2 Å². The van der Waals surface area contributed by atoms with E-state index in [9.17, 15) is 9.90 Å². The van der Waals surface area contributed by atoms with Gasteiger partial charge in [-0.05, 0) is 46.5 Å². The van der Waals surface area contributed by atoms with E-state index in [1.807, 2.05) is 17.7 Å². The molecule has 1 aliphatic carbocycles. The van der Waals surface area contributed by atoms with Crippen LogP contribution in [-0.2, 0) is 16.8 Å². The number of carbonyl (C=O) groups excluding carboxylic acids is 1. The van der Waals surface area contributed by atoms with Crippen LogP contribution in [0, 0.1) is 12.8 Å². The van der Waals surface area contributed by atoms with Crippen LogP contribution < -0.4 is 5.32 Å². The molecule has 2 N–H and O–H groups in total. The molecule has 0 aliphatic heterocycles. The van der Waals surface area contributed by atoms with Crippen molar-refractivity contribution in [2.45, 2.75) is 58.4 Å². The lowest BCUT2D eigenvalue weighted by molar-refractivity contribution is -0.115. The van der Waals surface area contributed by atoms with Gasteiger partial charge in [0.25, 0.3) is 0 Å². The number of anilines is 1. The number of nitrogens with one attached hydrogen (secondary N) is 1. The highest BCUT2D eigenvalue weighted by Crippen LogP contribution is 2.43. The zero-order chi connectivity index (χ0) is 18.2. The fourth-order valence-corrected chi connectivity index (χ4v) is 3.26. The minimum atomic E-state index is -0.178. The third-order valence-electron chi connectivity index (χ3n) is 4.56. The van der Waals surface area contributed by atoms with Crippen molar-refractivity contribution in [2.24, 2.45) is 5.92 Å². The number of nitrogens with zero attached hydrogens (tertiary/aromatic N) is 3. The molecule has 0 saturated heterocycles. The van der Waals surface area contributed by atoms with Gasteiger partial charge in [0, 0.05) is 30.4 Å². The van der Waals surface area contributed by atoms with E-state index in [1.165, 1.54) is 0 Å². The fraction of sp³-hybridized carbons (Fsp3) is 0.611. The number of aryl methyl sites for hydroxylation is 1. The predicted molar refractivity (Wildman–Crippen MR) is 93.3 cm³/mol. The Bertz CT molecular complexity index is 751. The molecule has 25 heavy (non-hydrogen) atoms. The van der Waals surface area contributed by atoms with Gasteiger partial charge in [-0.1, -0.05) is 5.16 Å². The van der Waals surface area contributed by atoms with E-state index in [-0.39, 0.29) is 24.5 Å². The number of aliphatic hydroxyl groups excluding tert-OH is 1. The summed E-state index contributed by atoms with van der Waals surface area (Å²) < 4.78 is 7.07. The van der Waals surface area contributed by atoms with Gasteiger partial charge in [-0.15, -0.1) is 0 Å². The standard InChI is InChI=1S/C18H26N4O3/c1-11-5-14(25-21-11)8-17(24)19-16-9-15(13-6-12(7-13)10-23)22(20-16)18(2,3)4/h5,9,12-13,23H,6-8,10H2,1-4H3,(H,19,20,24). The number of hydrogen-bond acceptors (Lipinski definition) is 5. The SMILES string of the molecule is Cc1cc(CC(=O)Nc2cc(C3CC(CO)C3)n(C(C)(C)C)n2)on1. The average molecular weight is 346 g/mol. The first-order valence-corrected chi connectivity index (χ1v) is 8.69. The van der Waals surface area contributed by atoms with Crippen LogP contribution in [0.4, 0.5) is 5.82 Å². The molecule has 1 saturated carbocycles. The van der Waals surface area contributed by atoms with Gasteiger partial charge in [-0.2, -0.15) is 5.10 Å². The molecule has 136 valence electrons. The number of hydrogen-bond donors (Lipinski definition) is 2. The molecule has 1 fully saturated rings. The first-order chi connectivity index (χ1) is 11.8. The number of aromatic nitrogens is 3. The van der Waals surface area contributed by atoms with E-state index in [1.54, 1.807) is 6.07 Å². The lowest BCUT2D eigenvalue weighted by Gasteiger charge is -2.36. The molecule has 2 aromatic rings. The lowest BCUT2D eigenvalue weighted by atomic mass is 9.73. The maximum absolute atomic E-state index is 12.2. The number of carbonyl (C=O) groups is 1. The highest BCUT2D eigenvalue weighted by molar-refractivity contribution is 5.91. The summed E-state index contributed by atoms with van der Waals surface area (Å²) in [5.41, 5.74) is 1.69. The monoisotopic (exact) mass is 346 g/mol. The van der Waals surface area contributed by atoms with Crippen LogP contribution >= 0.6 is 0 Å². The first-order valence-electron chi connectivity index (χ1n) is 8.69. The van der Waals surface area contributed by atoms with Crippen molar-refractivity contribution >= 4 is 11.7 Å². The summed E-state index contributed by atoms with van der Waals surface area (Å²) in [4.78, 5) is 12.2. The molecule has 7 nitrogen and oxygen atoms in total. The van der Waals surface area contributed by atoms with Gasteiger partial charge in [0.2, 0.25) is 5.91 Å². The minimum absolute atomic E-state index is 0.133. The Morgan fingerprint density at radius 3 is 2.68 bits per heavy atom. The largest absolute Gasteiger partial charge is 0.396 e. The van der Waals surface area contributed by atoms with Gasteiger partial charge < -0.3 is 14.9 Å². The Hall–Kier alpha value is -2.15. The Morgan fingerprint density at radius 2 is 2.12 bits per heavy atom. The molecule has 0 aromatic carbocycles. The van der Waals surface area contributed by atoms with Crippen molar-refractivity contribution in [3.05, 3.63) is 29.3 Å². The Kier molecular flexibility index (Phi) is 4.69. The van der Waals surface area contributed by atoms with Gasteiger partial charge in [0.1, 0.15) is 5.76 Å². The van der Waals surface area contributed by atoms with E-state index in [2.05, 4.69) is 36.3 Å². The molecular formula is C18H26N4O3. The normalized spacial score (nSPS) is 20.4. The topological polar surface area (TPSA) is 93.2 Å². The Morgan fingerprint density at radius 1 is 1.40 bits per heavy atom. The van der Waals surface area contributed by atoms with E-state index >= 15 is 0 Å². The predicted octanol–water partition coefficient (Wildman–Crippen LogP) is 2.60. The van der Waals surface area contributed by atoms with Crippen molar-refractivity contribution in [3.63, 3.8) is 0 Å². The molecule has 0 bridgehead atoms. The number of amides is 1. The zero-order valence-corrected chi connectivity index (χ0v) is 15.2. The molecular weight excluding hydrogens is 320 g/mol. The lowest BCUT2D eigenvalue weighted by Crippen LogP contribution is -2.31. The van der Waals surface area contributed by atoms with Gasteiger partial charge in [0.05, 0.1) is 17.7 Å². The highest BCUT2D eigenvalue weighted by atomic mass is 16.5. The van der Waals surface area contributed by atoms with Crippen molar-refractivity contribution in [1.82, 2.24) is 14.9 Å². The summed E-state index contributed by atoms with van der Waals surface area (Å²) in [5.74, 6) is 1.67. The average Bonchev–Trinajstić information content (AvgIpc) is 3.04. The van der Waals surface area contributed by atoms with Crippen molar-refractivity contribution < 1.29 is 14.4 Å². The maximum atomic E-state index is 12.2. The summed E-state index contributed by atoms with van der Waals surface area (Å²) in [6, 6.07) is 3.70. The Balaban J connectivity index is 1.73. The molecule has 2 aromatic heterocycles. The van der Waals surface area contributed by atoms with Crippen LogP contribution in [0.3, 0.4) is 0 Å². The molecule has 0 spiro atoms. The van der Waals surface area contributed by atoms with E-state index in [0.29, 0.717) is 23.4 Å². The summed E-state index contributed by atoms with van der Waals surface area (Å²) in [6.45, 7) is 8.33. The van der Waals surface area contributed by atoms with Crippen LogP contribution in [0.1, 0.15) is 56.7 Å². The molecule has 1 amide bonds. The van der Waals surface area contributed by atoms with Crippen LogP contribution in [-0.4, -0.2) is 32.6 Å². The highest BCUT2D eigenvalue weighted by Gasteiger charge is 2.34. The number of aliphatic hydroxyl groups is 1. The second-order valence-corrected chi connectivity index (χ2v) is 7.91. The molecule has 0 unspecified atom stereocenters. The summed E-state index contributed by atoms with van der Waals surface area (Å²) >= 11 is 0. The third kappa shape index (κ3) is 3.92. The van der Waals surface area contributed by atoms with E-state index in [4.69, 9.17) is 4.52 Å². The fourth-order valence-electron chi connectivity index (χ4n) is 3.26. The smallest absolute Gasteiger partial charge is 0.233 e. The van der Waals surface area contributed by atoms with Gasteiger partial charge in [-0.3, -0.25) is 9.48 Å². The summed E-state index contributed by atoms with van der Waals surface area (Å²) in [7, 11) is 0. The van der Waals surface area contributed by atoms with E-state index < -0.39 is 0 Å². The summed E-state index contributed by atoms with van der Waals surface area (Å²) in [5, 5.41) is 20.5. The zero-order valence-electron chi connectivity index (χ0n) is 15.2. The first kappa shape index (κ1) is 17.7. The molecule has 1 aliphatic rings. The van der Waals surface area contributed by atoms with Crippen molar-refractivity contribution in [2.75, 3.05) is 11.9 Å². The maximum Gasteiger partial charge on any atom is 0.233 e. The third-order valence-corrected chi connectivity index (χ3v) is 4.56. The molecule has 2 heterocycles. The molecule has 0 radical (unpaired) electrons. The van der Waals surface area contributed by atoms with Crippen molar-refractivity contribution in [3.8, 4) is 0 Å².